The molecule has 0 aromatic rings. The van der Waals surface area contributed by atoms with Gasteiger partial charge in [0.25, 0.3) is 0 Å². The van der Waals surface area contributed by atoms with E-state index in [1.54, 1.807) is 7.11 Å². The van der Waals surface area contributed by atoms with Crippen LogP contribution in [0.25, 0.3) is 0 Å². The van der Waals surface area contributed by atoms with Crippen LogP contribution in [-0.4, -0.2) is 51.8 Å². The molecule has 0 aromatic carbocycles. The Hall–Kier alpha value is -0.610. The molecule has 0 saturated carbocycles. The van der Waals surface area contributed by atoms with Gasteiger partial charge in [0.1, 0.15) is 0 Å². The van der Waals surface area contributed by atoms with Crippen molar-refractivity contribution in [2.24, 2.45) is 0 Å². The molecule has 0 aliphatic heterocycles. The Balaban J connectivity index is 3.32. The van der Waals surface area contributed by atoms with Crippen molar-refractivity contribution in [3.8, 4) is 0 Å². The fourth-order valence-corrected chi connectivity index (χ4v) is 0.843. The van der Waals surface area contributed by atoms with E-state index < -0.39 is 0 Å². The van der Waals surface area contributed by atoms with Gasteiger partial charge in [0.15, 0.2) is 0 Å². The van der Waals surface area contributed by atoms with Gasteiger partial charge in [-0.15, -0.1) is 0 Å². The molecule has 0 atom stereocenters. The standard InChI is InChI=1S/C8H17NO3/c1-9(5-4-6-11-2)7-8(10)12-3/h4-7H2,1-3H3. The van der Waals surface area contributed by atoms with E-state index in [0.717, 1.165) is 19.6 Å². The molecule has 12 heavy (non-hydrogen) atoms. The summed E-state index contributed by atoms with van der Waals surface area (Å²) in [6.07, 6.45) is 0.935. The van der Waals surface area contributed by atoms with Crippen LogP contribution in [0.5, 0.6) is 0 Å². The van der Waals surface area contributed by atoms with Gasteiger partial charge in [0.2, 0.25) is 0 Å². The number of ether oxygens (including phenoxy) is 2. The zero-order chi connectivity index (χ0) is 9.40. The number of carbonyl (C=O) groups is 1. The van der Waals surface area contributed by atoms with Gasteiger partial charge in [-0.1, -0.05) is 0 Å². The summed E-state index contributed by atoms with van der Waals surface area (Å²) in [5, 5.41) is 0. The predicted molar refractivity (Wildman–Crippen MR) is 46.0 cm³/mol. The molecule has 4 nitrogen and oxygen atoms in total. The highest BCUT2D eigenvalue weighted by molar-refractivity contribution is 5.71. The van der Waals surface area contributed by atoms with E-state index in [4.69, 9.17) is 4.74 Å². The molecule has 0 rings (SSSR count). The topological polar surface area (TPSA) is 38.8 Å². The third-order valence-electron chi connectivity index (χ3n) is 1.51. The van der Waals surface area contributed by atoms with Crippen LogP contribution in [0.2, 0.25) is 0 Å². The lowest BCUT2D eigenvalue weighted by atomic mass is 10.4. The van der Waals surface area contributed by atoms with Crippen LogP contribution in [0.15, 0.2) is 0 Å². The molecule has 0 heterocycles. The Labute approximate surface area is 73.4 Å². The van der Waals surface area contributed by atoms with Crippen LogP contribution >= 0.6 is 0 Å². The molecular formula is C8H17NO3. The molecule has 4 heteroatoms. The van der Waals surface area contributed by atoms with Gasteiger partial charge in [0, 0.05) is 20.3 Å². The fraction of sp³-hybridized carbons (Fsp3) is 0.875. The Morgan fingerprint density at radius 1 is 1.42 bits per heavy atom. The SMILES string of the molecule is COCCCN(C)CC(=O)OC. The van der Waals surface area contributed by atoms with Crippen molar-refractivity contribution in [1.29, 1.82) is 0 Å². The Kier molecular flexibility index (Phi) is 6.70. The molecular weight excluding hydrogens is 158 g/mol. The third kappa shape index (κ3) is 6.12. The number of hydrogen-bond donors (Lipinski definition) is 0. The Morgan fingerprint density at radius 3 is 2.58 bits per heavy atom. The molecule has 0 saturated heterocycles. The second-order valence-electron chi connectivity index (χ2n) is 2.66. The smallest absolute Gasteiger partial charge is 0.319 e. The van der Waals surface area contributed by atoms with Gasteiger partial charge in [-0.05, 0) is 13.5 Å². The van der Waals surface area contributed by atoms with E-state index in [9.17, 15) is 4.79 Å². The molecule has 0 spiro atoms. The van der Waals surface area contributed by atoms with Gasteiger partial charge in [-0.25, -0.2) is 0 Å². The first kappa shape index (κ1) is 11.4. The molecule has 0 aliphatic rings. The highest BCUT2D eigenvalue weighted by atomic mass is 16.5. The monoisotopic (exact) mass is 175 g/mol. The maximum absolute atomic E-state index is 10.8. The number of hydrogen-bond acceptors (Lipinski definition) is 4. The van der Waals surface area contributed by atoms with E-state index in [2.05, 4.69) is 4.74 Å². The Bertz CT molecular complexity index is 127. The van der Waals surface area contributed by atoms with Crippen LogP contribution in [0.4, 0.5) is 0 Å². The van der Waals surface area contributed by atoms with Crippen LogP contribution in [-0.2, 0) is 14.3 Å². The second kappa shape index (κ2) is 7.06. The van der Waals surface area contributed by atoms with Crippen LogP contribution in [0, 0.1) is 0 Å². The first-order valence-corrected chi connectivity index (χ1v) is 3.95. The highest BCUT2D eigenvalue weighted by Gasteiger charge is 2.04. The summed E-state index contributed by atoms with van der Waals surface area (Å²) in [5.74, 6) is -0.199. The molecule has 0 aromatic heterocycles. The number of nitrogens with zero attached hydrogens (tertiary/aromatic N) is 1. The van der Waals surface area contributed by atoms with Crippen LogP contribution in [0.3, 0.4) is 0 Å². The van der Waals surface area contributed by atoms with E-state index in [0.29, 0.717) is 6.54 Å². The lowest BCUT2D eigenvalue weighted by Crippen LogP contribution is -2.28. The van der Waals surface area contributed by atoms with E-state index in [-0.39, 0.29) is 5.97 Å². The minimum absolute atomic E-state index is 0.199. The number of likely N-dealkylation sites (N-methyl/N-ethyl adjacent to an activating group) is 1. The van der Waals surface area contributed by atoms with Crippen LogP contribution in [0.1, 0.15) is 6.42 Å². The normalized spacial score (nSPS) is 10.3. The second-order valence-corrected chi connectivity index (χ2v) is 2.66. The molecule has 0 amide bonds. The summed E-state index contributed by atoms with van der Waals surface area (Å²) < 4.78 is 9.40. The zero-order valence-electron chi connectivity index (χ0n) is 8.00. The quantitative estimate of drug-likeness (QED) is 0.425. The van der Waals surface area contributed by atoms with Crippen LogP contribution < -0.4 is 0 Å². The van der Waals surface area contributed by atoms with Crippen molar-refractivity contribution < 1.29 is 14.3 Å². The Morgan fingerprint density at radius 2 is 2.08 bits per heavy atom. The molecule has 0 unspecified atom stereocenters. The average molecular weight is 175 g/mol. The van der Waals surface area contributed by atoms with Crippen molar-refractivity contribution in [1.82, 2.24) is 4.90 Å². The van der Waals surface area contributed by atoms with E-state index in [1.807, 2.05) is 11.9 Å². The minimum Gasteiger partial charge on any atom is -0.468 e. The summed E-state index contributed by atoms with van der Waals surface area (Å²) in [4.78, 5) is 12.7. The number of carbonyl (C=O) groups excluding carboxylic acids is 1. The molecule has 0 fully saturated rings. The highest BCUT2D eigenvalue weighted by Crippen LogP contribution is 1.88. The van der Waals surface area contributed by atoms with Crippen molar-refractivity contribution in [3.63, 3.8) is 0 Å². The molecule has 0 aliphatic carbocycles. The molecule has 0 N–H and O–H groups in total. The average Bonchev–Trinajstić information content (AvgIpc) is 2.05. The summed E-state index contributed by atoms with van der Waals surface area (Å²) >= 11 is 0. The first-order valence-electron chi connectivity index (χ1n) is 3.95. The predicted octanol–water partition coefficient (Wildman–Crippen LogP) is 0.128. The maximum atomic E-state index is 10.8. The largest absolute Gasteiger partial charge is 0.468 e. The lowest BCUT2D eigenvalue weighted by molar-refractivity contribution is -0.141. The van der Waals surface area contributed by atoms with Gasteiger partial charge in [-0.2, -0.15) is 0 Å². The summed E-state index contributed by atoms with van der Waals surface area (Å²) in [6, 6.07) is 0. The first-order chi connectivity index (χ1) is 5.70. The number of rotatable bonds is 6. The van der Waals surface area contributed by atoms with Crippen molar-refractivity contribution in [2.75, 3.05) is 41.0 Å². The lowest BCUT2D eigenvalue weighted by Gasteiger charge is -2.13. The van der Waals surface area contributed by atoms with Crippen molar-refractivity contribution >= 4 is 5.97 Å². The van der Waals surface area contributed by atoms with Gasteiger partial charge in [0.05, 0.1) is 13.7 Å². The molecule has 0 radical (unpaired) electrons. The maximum Gasteiger partial charge on any atom is 0.319 e. The third-order valence-corrected chi connectivity index (χ3v) is 1.51. The minimum atomic E-state index is -0.199. The molecule has 0 bridgehead atoms. The zero-order valence-corrected chi connectivity index (χ0v) is 8.00. The number of methoxy groups -OCH3 is 2. The summed E-state index contributed by atoms with van der Waals surface area (Å²) in [5.41, 5.74) is 0. The van der Waals surface area contributed by atoms with Gasteiger partial charge in [-0.3, -0.25) is 9.69 Å². The summed E-state index contributed by atoms with van der Waals surface area (Å²) in [6.45, 7) is 1.93. The van der Waals surface area contributed by atoms with E-state index >= 15 is 0 Å². The van der Waals surface area contributed by atoms with E-state index in [1.165, 1.54) is 7.11 Å². The number of esters is 1. The molecule has 72 valence electrons. The summed E-state index contributed by atoms with van der Waals surface area (Å²) in [7, 11) is 4.94. The van der Waals surface area contributed by atoms with Gasteiger partial charge >= 0.3 is 5.97 Å². The van der Waals surface area contributed by atoms with Crippen molar-refractivity contribution in [2.45, 2.75) is 6.42 Å². The van der Waals surface area contributed by atoms with Crippen molar-refractivity contribution in [3.05, 3.63) is 0 Å². The fourth-order valence-electron chi connectivity index (χ4n) is 0.843. The van der Waals surface area contributed by atoms with Gasteiger partial charge < -0.3 is 9.47 Å².